The average Bonchev–Trinajstić information content (AvgIpc) is 3.22. The molecule has 1 amide bonds. The lowest BCUT2D eigenvalue weighted by Gasteiger charge is -2.05. The Morgan fingerprint density at radius 1 is 1.17 bits per heavy atom. The molecule has 4 aromatic rings. The van der Waals surface area contributed by atoms with E-state index in [1.54, 1.807) is 35.4 Å². The molecule has 0 radical (unpaired) electrons. The first-order valence-corrected chi connectivity index (χ1v) is 8.98. The molecule has 3 heterocycles. The first kappa shape index (κ1) is 18.3. The second-order valence-electron chi connectivity index (χ2n) is 6.53. The number of aromatic amines is 1. The minimum absolute atomic E-state index is 0.0521. The van der Waals surface area contributed by atoms with E-state index >= 15 is 0 Å². The summed E-state index contributed by atoms with van der Waals surface area (Å²) in [4.78, 5) is 35.5. The molecular weight excluding hydrogens is 368 g/mol. The van der Waals surface area contributed by atoms with E-state index in [1.807, 2.05) is 37.4 Å². The molecule has 0 unspecified atom stereocenters. The number of carbonyl (C=O) groups is 1. The van der Waals surface area contributed by atoms with Gasteiger partial charge in [0, 0.05) is 42.5 Å². The summed E-state index contributed by atoms with van der Waals surface area (Å²) in [5, 5.41) is 7.05. The molecule has 0 aliphatic rings. The molecule has 0 spiro atoms. The zero-order chi connectivity index (χ0) is 20.2. The van der Waals surface area contributed by atoms with Gasteiger partial charge in [0.05, 0.1) is 11.9 Å². The lowest BCUT2D eigenvalue weighted by Crippen LogP contribution is -2.29. The van der Waals surface area contributed by atoms with E-state index in [-0.39, 0.29) is 12.1 Å². The van der Waals surface area contributed by atoms with E-state index in [4.69, 9.17) is 0 Å². The van der Waals surface area contributed by atoms with Gasteiger partial charge in [-0.3, -0.25) is 14.6 Å². The van der Waals surface area contributed by atoms with Crippen LogP contribution in [0.5, 0.6) is 0 Å². The highest BCUT2D eigenvalue weighted by Gasteiger charge is 2.13. The molecule has 0 aliphatic carbocycles. The summed E-state index contributed by atoms with van der Waals surface area (Å²) < 4.78 is 1.74. The molecular formula is C21H18N6O2. The zero-order valence-electron chi connectivity index (χ0n) is 15.7. The van der Waals surface area contributed by atoms with Crippen LogP contribution in [0.3, 0.4) is 0 Å². The van der Waals surface area contributed by atoms with E-state index in [0.717, 1.165) is 16.8 Å². The first-order valence-electron chi connectivity index (χ1n) is 8.98. The van der Waals surface area contributed by atoms with Gasteiger partial charge in [-0.1, -0.05) is 12.1 Å². The number of H-pyrrole nitrogens is 1. The van der Waals surface area contributed by atoms with Gasteiger partial charge in [-0.15, -0.1) is 0 Å². The van der Waals surface area contributed by atoms with Crippen molar-refractivity contribution in [3.05, 3.63) is 94.4 Å². The second-order valence-corrected chi connectivity index (χ2v) is 6.53. The molecule has 4 rings (SSSR count). The number of benzene rings is 1. The van der Waals surface area contributed by atoms with Gasteiger partial charge in [-0.05, 0) is 36.8 Å². The molecule has 0 atom stereocenters. The van der Waals surface area contributed by atoms with Crippen LogP contribution in [0.1, 0.15) is 21.5 Å². The Labute approximate surface area is 166 Å². The predicted octanol–water partition coefficient (Wildman–Crippen LogP) is 2.26. The third-order valence-corrected chi connectivity index (χ3v) is 4.33. The number of carbonyl (C=O) groups excluding carboxylic acids is 1. The molecule has 2 N–H and O–H groups in total. The summed E-state index contributed by atoms with van der Waals surface area (Å²) in [5.74, 6) is -0.140. The topological polar surface area (TPSA) is 106 Å². The summed E-state index contributed by atoms with van der Waals surface area (Å²) in [7, 11) is 0. The summed E-state index contributed by atoms with van der Waals surface area (Å²) in [6.07, 6.45) is 8.00. The van der Waals surface area contributed by atoms with Crippen LogP contribution in [-0.2, 0) is 6.54 Å². The Kier molecular flexibility index (Phi) is 4.98. The minimum atomic E-state index is -0.508. The Morgan fingerprint density at radius 3 is 2.83 bits per heavy atom. The summed E-state index contributed by atoms with van der Waals surface area (Å²) in [5.41, 5.74) is 3.00. The molecule has 0 aliphatic heterocycles. The highest BCUT2D eigenvalue weighted by molar-refractivity contribution is 5.93. The fraction of sp³-hybridized carbons (Fsp3) is 0.0952. The van der Waals surface area contributed by atoms with Crippen molar-refractivity contribution in [1.82, 2.24) is 30.0 Å². The maximum Gasteiger partial charge on any atom is 0.264 e. The van der Waals surface area contributed by atoms with E-state index in [0.29, 0.717) is 11.4 Å². The fourth-order valence-electron chi connectivity index (χ4n) is 2.85. The predicted molar refractivity (Wildman–Crippen MR) is 108 cm³/mol. The molecule has 8 heteroatoms. The number of nitrogens with zero attached hydrogens (tertiary/aromatic N) is 4. The fourth-order valence-corrected chi connectivity index (χ4v) is 2.85. The van der Waals surface area contributed by atoms with Crippen LogP contribution in [0, 0.1) is 6.92 Å². The number of aromatic nitrogens is 5. The molecule has 29 heavy (non-hydrogen) atoms. The third kappa shape index (κ3) is 4.11. The minimum Gasteiger partial charge on any atom is -0.348 e. The van der Waals surface area contributed by atoms with Gasteiger partial charge >= 0.3 is 0 Å². The van der Waals surface area contributed by atoms with E-state index in [2.05, 4.69) is 25.4 Å². The highest BCUT2D eigenvalue weighted by atomic mass is 16.2. The molecule has 0 bridgehead atoms. The number of aryl methyl sites for hydroxylation is 1. The van der Waals surface area contributed by atoms with E-state index in [9.17, 15) is 9.59 Å². The molecule has 0 saturated heterocycles. The molecule has 8 nitrogen and oxygen atoms in total. The van der Waals surface area contributed by atoms with Gasteiger partial charge in [0.2, 0.25) is 0 Å². The number of hydrogen-bond donors (Lipinski definition) is 2. The quantitative estimate of drug-likeness (QED) is 0.547. The van der Waals surface area contributed by atoms with Crippen LogP contribution in [0.15, 0.2) is 72.2 Å². The second kappa shape index (κ2) is 7.89. The molecule has 0 saturated carbocycles. The van der Waals surface area contributed by atoms with E-state index < -0.39 is 11.5 Å². The SMILES string of the molecule is Cc1cccc(-n2cc(CNC(=O)c3cnc(-c4cccnc4)[nH]c3=O)cn2)c1. The van der Waals surface area contributed by atoms with Crippen LogP contribution < -0.4 is 10.9 Å². The molecule has 1 aromatic carbocycles. The van der Waals surface area contributed by atoms with Crippen LogP contribution in [0.2, 0.25) is 0 Å². The highest BCUT2D eigenvalue weighted by Crippen LogP contribution is 2.11. The summed E-state index contributed by atoms with van der Waals surface area (Å²) in [6, 6.07) is 11.5. The Hall–Kier alpha value is -4.07. The maximum atomic E-state index is 12.4. The smallest absolute Gasteiger partial charge is 0.264 e. The van der Waals surface area contributed by atoms with Gasteiger partial charge < -0.3 is 10.3 Å². The van der Waals surface area contributed by atoms with Gasteiger partial charge in [-0.2, -0.15) is 5.10 Å². The number of amides is 1. The van der Waals surface area contributed by atoms with Gasteiger partial charge in [0.15, 0.2) is 0 Å². The van der Waals surface area contributed by atoms with Crippen LogP contribution in [0.25, 0.3) is 17.1 Å². The van der Waals surface area contributed by atoms with Crippen LogP contribution >= 0.6 is 0 Å². The lowest BCUT2D eigenvalue weighted by molar-refractivity contribution is 0.0949. The van der Waals surface area contributed by atoms with Crippen molar-refractivity contribution in [2.24, 2.45) is 0 Å². The number of rotatable bonds is 5. The van der Waals surface area contributed by atoms with Gasteiger partial charge in [0.25, 0.3) is 11.5 Å². The van der Waals surface area contributed by atoms with Crippen molar-refractivity contribution in [1.29, 1.82) is 0 Å². The Bertz CT molecular complexity index is 1210. The monoisotopic (exact) mass is 386 g/mol. The van der Waals surface area contributed by atoms with Crippen molar-refractivity contribution in [2.75, 3.05) is 0 Å². The Balaban J connectivity index is 1.44. The summed E-state index contributed by atoms with van der Waals surface area (Å²) >= 11 is 0. The molecule has 0 fully saturated rings. The normalized spacial score (nSPS) is 10.7. The van der Waals surface area contributed by atoms with Crippen LogP contribution in [-0.4, -0.2) is 30.6 Å². The number of pyridine rings is 1. The third-order valence-electron chi connectivity index (χ3n) is 4.33. The van der Waals surface area contributed by atoms with E-state index in [1.165, 1.54) is 6.20 Å². The average molecular weight is 386 g/mol. The van der Waals surface area contributed by atoms with Crippen molar-refractivity contribution in [3.63, 3.8) is 0 Å². The lowest BCUT2D eigenvalue weighted by atomic mass is 10.2. The van der Waals surface area contributed by atoms with Crippen molar-refractivity contribution in [3.8, 4) is 17.1 Å². The molecule has 144 valence electrons. The Morgan fingerprint density at radius 2 is 2.07 bits per heavy atom. The van der Waals surface area contributed by atoms with Crippen LogP contribution in [0.4, 0.5) is 0 Å². The van der Waals surface area contributed by atoms with Crippen molar-refractivity contribution < 1.29 is 4.79 Å². The number of nitrogens with one attached hydrogen (secondary N) is 2. The standard InChI is InChI=1S/C21H18N6O2/c1-14-4-2-6-17(8-14)27-13-15(10-25-27)9-24-20(28)18-12-23-19(26-21(18)29)16-5-3-7-22-11-16/h2-8,10-13H,9H2,1H3,(H,24,28)(H,23,26,29). The largest absolute Gasteiger partial charge is 0.348 e. The van der Waals surface area contributed by atoms with Crippen molar-refractivity contribution in [2.45, 2.75) is 13.5 Å². The van der Waals surface area contributed by atoms with Gasteiger partial charge in [-0.25, -0.2) is 9.67 Å². The maximum absolute atomic E-state index is 12.4. The molecule has 3 aromatic heterocycles. The first-order chi connectivity index (χ1) is 14.1. The number of hydrogen-bond acceptors (Lipinski definition) is 5. The van der Waals surface area contributed by atoms with Crippen molar-refractivity contribution >= 4 is 5.91 Å². The zero-order valence-corrected chi connectivity index (χ0v) is 15.7. The van der Waals surface area contributed by atoms with Gasteiger partial charge in [0.1, 0.15) is 11.4 Å². The summed E-state index contributed by atoms with van der Waals surface area (Å²) in [6.45, 7) is 2.26.